The number of fused-ring (bicyclic) bond motifs is 3. The Labute approximate surface area is 299 Å². The molecule has 0 bridgehead atoms. The SMILES string of the molecule is c1ccc(-c2cc(-c3cccc(-c4ccc(-c5cccc(CCC6c7ccccc7-c7ccccc76)c5)cc4)c3)nc(-c3ccccc3)n2)cc1. The smallest absolute Gasteiger partial charge is 0.160 e. The molecule has 1 aliphatic carbocycles. The van der Waals surface area contributed by atoms with E-state index in [4.69, 9.17) is 9.97 Å². The molecule has 0 saturated carbocycles. The van der Waals surface area contributed by atoms with Crippen LogP contribution in [0.2, 0.25) is 0 Å². The molecule has 9 rings (SSSR count). The second-order valence-corrected chi connectivity index (χ2v) is 13.3. The van der Waals surface area contributed by atoms with E-state index in [0.717, 1.165) is 52.3 Å². The molecule has 0 N–H and O–H groups in total. The van der Waals surface area contributed by atoms with Gasteiger partial charge < -0.3 is 0 Å². The van der Waals surface area contributed by atoms with E-state index in [9.17, 15) is 0 Å². The highest BCUT2D eigenvalue weighted by molar-refractivity contribution is 5.79. The molecule has 0 saturated heterocycles. The van der Waals surface area contributed by atoms with Gasteiger partial charge in [-0.05, 0) is 75.0 Å². The van der Waals surface area contributed by atoms with E-state index < -0.39 is 0 Å². The van der Waals surface area contributed by atoms with E-state index in [-0.39, 0.29) is 0 Å². The average Bonchev–Trinajstić information content (AvgIpc) is 3.54. The lowest BCUT2D eigenvalue weighted by Crippen LogP contribution is -1.99. The maximum atomic E-state index is 5.05. The molecule has 242 valence electrons. The zero-order valence-corrected chi connectivity index (χ0v) is 28.3. The predicted molar refractivity (Wildman–Crippen MR) is 211 cm³/mol. The first kappa shape index (κ1) is 30.7. The van der Waals surface area contributed by atoms with E-state index in [2.05, 4.69) is 164 Å². The van der Waals surface area contributed by atoms with Crippen molar-refractivity contribution in [3.8, 4) is 67.3 Å². The number of aromatic nitrogens is 2. The number of benzene rings is 7. The first-order valence-electron chi connectivity index (χ1n) is 17.8. The molecule has 0 aliphatic heterocycles. The van der Waals surface area contributed by atoms with Crippen molar-refractivity contribution in [1.29, 1.82) is 0 Å². The second-order valence-electron chi connectivity index (χ2n) is 13.3. The molecular weight excluding hydrogens is 617 g/mol. The average molecular weight is 653 g/mol. The fourth-order valence-corrected chi connectivity index (χ4v) is 7.57. The molecule has 0 atom stereocenters. The summed E-state index contributed by atoms with van der Waals surface area (Å²) < 4.78 is 0. The number of nitrogens with zero attached hydrogens (tertiary/aromatic N) is 2. The second kappa shape index (κ2) is 13.5. The van der Waals surface area contributed by atoms with Crippen LogP contribution in [0.15, 0.2) is 188 Å². The van der Waals surface area contributed by atoms with Crippen LogP contribution in [0, 0.1) is 0 Å². The van der Waals surface area contributed by atoms with Crippen LogP contribution in [0.25, 0.3) is 67.3 Å². The zero-order chi connectivity index (χ0) is 34.0. The third kappa shape index (κ3) is 6.17. The summed E-state index contributed by atoms with van der Waals surface area (Å²) in [4.78, 5) is 10.0. The van der Waals surface area contributed by atoms with E-state index >= 15 is 0 Å². The maximum Gasteiger partial charge on any atom is 0.160 e. The van der Waals surface area contributed by atoms with E-state index in [1.165, 1.54) is 44.5 Å². The van der Waals surface area contributed by atoms with Crippen LogP contribution in [-0.2, 0) is 6.42 Å². The standard InChI is InChI=1S/C49H36N2/c1-3-14-37(15-4-1)47-33-48(51-49(50-47)38-16-5-2-6-17-38)41-20-12-19-40(32-41)36-28-26-35(27-29-36)39-18-11-13-34(31-39)25-30-46-44-23-9-7-21-42(44)43-22-8-10-24-45(43)46/h1-24,26-29,31-33,46H,25,30H2. The van der Waals surface area contributed by atoms with Gasteiger partial charge >= 0.3 is 0 Å². The summed E-state index contributed by atoms with van der Waals surface area (Å²) in [7, 11) is 0. The van der Waals surface area contributed by atoms with Crippen molar-refractivity contribution in [2.75, 3.05) is 0 Å². The van der Waals surface area contributed by atoms with Crippen LogP contribution in [0.4, 0.5) is 0 Å². The molecule has 2 heteroatoms. The van der Waals surface area contributed by atoms with Gasteiger partial charge in [-0.2, -0.15) is 0 Å². The number of hydrogen-bond donors (Lipinski definition) is 0. The van der Waals surface area contributed by atoms with Crippen LogP contribution in [0.5, 0.6) is 0 Å². The Morgan fingerprint density at radius 2 is 0.843 bits per heavy atom. The topological polar surface area (TPSA) is 25.8 Å². The highest BCUT2D eigenvalue weighted by atomic mass is 14.9. The van der Waals surface area contributed by atoms with Crippen molar-refractivity contribution >= 4 is 0 Å². The molecule has 0 spiro atoms. The van der Waals surface area contributed by atoms with Gasteiger partial charge in [-0.25, -0.2) is 9.97 Å². The Bertz CT molecular complexity index is 2360. The largest absolute Gasteiger partial charge is 0.228 e. The molecule has 8 aromatic rings. The maximum absolute atomic E-state index is 5.05. The van der Waals surface area contributed by atoms with Gasteiger partial charge in [0.05, 0.1) is 11.4 Å². The van der Waals surface area contributed by atoms with E-state index in [0.29, 0.717) is 5.92 Å². The van der Waals surface area contributed by atoms with Crippen LogP contribution in [0.1, 0.15) is 29.0 Å². The summed E-state index contributed by atoms with van der Waals surface area (Å²) in [5, 5.41) is 0. The highest BCUT2D eigenvalue weighted by Gasteiger charge is 2.27. The number of rotatable bonds is 8. The van der Waals surface area contributed by atoms with Gasteiger partial charge in [-0.1, -0.05) is 176 Å². The minimum atomic E-state index is 0.438. The van der Waals surface area contributed by atoms with Gasteiger partial charge in [0.25, 0.3) is 0 Å². The molecule has 7 aromatic carbocycles. The van der Waals surface area contributed by atoms with Gasteiger partial charge in [-0.15, -0.1) is 0 Å². The molecule has 0 amide bonds. The van der Waals surface area contributed by atoms with Crippen LogP contribution in [0.3, 0.4) is 0 Å². The number of hydrogen-bond acceptors (Lipinski definition) is 2. The van der Waals surface area contributed by atoms with Gasteiger partial charge in [-0.3, -0.25) is 0 Å². The zero-order valence-electron chi connectivity index (χ0n) is 28.3. The quantitative estimate of drug-likeness (QED) is 0.163. The van der Waals surface area contributed by atoms with Crippen molar-refractivity contribution in [1.82, 2.24) is 9.97 Å². The Kier molecular flexibility index (Phi) is 8.11. The van der Waals surface area contributed by atoms with Crippen molar-refractivity contribution in [2.24, 2.45) is 0 Å². The molecule has 0 radical (unpaired) electrons. The van der Waals surface area contributed by atoms with Crippen molar-refractivity contribution in [2.45, 2.75) is 18.8 Å². The molecule has 1 aromatic heterocycles. The van der Waals surface area contributed by atoms with Gasteiger partial charge in [0.1, 0.15) is 0 Å². The minimum Gasteiger partial charge on any atom is -0.228 e. The molecule has 1 aliphatic rings. The van der Waals surface area contributed by atoms with Gasteiger partial charge in [0.2, 0.25) is 0 Å². The lowest BCUT2D eigenvalue weighted by Gasteiger charge is -2.14. The van der Waals surface area contributed by atoms with Gasteiger partial charge in [0.15, 0.2) is 5.82 Å². The summed E-state index contributed by atoms with van der Waals surface area (Å²) >= 11 is 0. The summed E-state index contributed by atoms with van der Waals surface area (Å²) in [6, 6.07) is 67.2. The highest BCUT2D eigenvalue weighted by Crippen LogP contribution is 2.46. The van der Waals surface area contributed by atoms with Gasteiger partial charge in [0, 0.05) is 22.6 Å². The molecule has 1 heterocycles. The Morgan fingerprint density at radius 3 is 1.49 bits per heavy atom. The third-order valence-electron chi connectivity index (χ3n) is 10.1. The van der Waals surface area contributed by atoms with Crippen LogP contribution >= 0.6 is 0 Å². The first-order valence-corrected chi connectivity index (χ1v) is 17.8. The molecule has 51 heavy (non-hydrogen) atoms. The Hall–Kier alpha value is -6.38. The normalized spacial score (nSPS) is 12.0. The minimum absolute atomic E-state index is 0.438. The summed E-state index contributed by atoms with van der Waals surface area (Å²) in [6.07, 6.45) is 2.13. The molecular formula is C49H36N2. The van der Waals surface area contributed by atoms with Crippen molar-refractivity contribution in [3.63, 3.8) is 0 Å². The fourth-order valence-electron chi connectivity index (χ4n) is 7.57. The lowest BCUT2D eigenvalue weighted by molar-refractivity contribution is 0.730. The fraction of sp³-hybridized carbons (Fsp3) is 0.0612. The molecule has 0 fully saturated rings. The number of aryl methyl sites for hydroxylation is 1. The predicted octanol–water partition coefficient (Wildman–Crippen LogP) is 12.6. The van der Waals surface area contributed by atoms with E-state index in [1.807, 2.05) is 24.3 Å². The summed E-state index contributed by atoms with van der Waals surface area (Å²) in [5.74, 6) is 1.16. The summed E-state index contributed by atoms with van der Waals surface area (Å²) in [5.41, 5.74) is 16.8. The van der Waals surface area contributed by atoms with E-state index in [1.54, 1.807) is 0 Å². The third-order valence-corrected chi connectivity index (χ3v) is 10.1. The molecule has 2 nitrogen and oxygen atoms in total. The monoisotopic (exact) mass is 652 g/mol. The van der Waals surface area contributed by atoms with Crippen molar-refractivity contribution in [3.05, 3.63) is 205 Å². The van der Waals surface area contributed by atoms with Crippen LogP contribution < -0.4 is 0 Å². The van der Waals surface area contributed by atoms with Crippen molar-refractivity contribution < 1.29 is 0 Å². The Balaban J connectivity index is 0.966. The summed E-state index contributed by atoms with van der Waals surface area (Å²) in [6.45, 7) is 0. The Morgan fingerprint density at radius 1 is 0.353 bits per heavy atom. The van der Waals surface area contributed by atoms with Crippen LogP contribution in [-0.4, -0.2) is 9.97 Å². The first-order chi connectivity index (χ1) is 25.3. The molecule has 0 unspecified atom stereocenters. The lowest BCUT2D eigenvalue weighted by atomic mass is 9.90.